The summed E-state index contributed by atoms with van der Waals surface area (Å²) in [6.45, 7) is 33.0. The monoisotopic (exact) mass is 2050 g/mol. The first-order valence-corrected chi connectivity index (χ1v) is 50.8. The maximum absolute atomic E-state index is 12.4. The number of piperazine rings is 1. The Kier molecular flexibility index (Phi) is 32.8. The van der Waals surface area contributed by atoms with E-state index in [2.05, 4.69) is 219 Å². The van der Waals surface area contributed by atoms with Crippen LogP contribution in [0.2, 0.25) is 0 Å². The number of hydrogen-bond donors (Lipinski definition) is 0. The van der Waals surface area contributed by atoms with E-state index in [0.717, 1.165) is 310 Å². The number of hydrogen-bond acceptors (Lipinski definition) is 18. The van der Waals surface area contributed by atoms with Gasteiger partial charge in [-0.15, -0.1) is 0 Å². The van der Waals surface area contributed by atoms with Crippen LogP contribution in [0, 0.1) is 33.6 Å². The van der Waals surface area contributed by atoms with E-state index in [0.29, 0.717) is 23.5 Å². The summed E-state index contributed by atoms with van der Waals surface area (Å²) in [6, 6.07) is 54.6. The summed E-state index contributed by atoms with van der Waals surface area (Å²) < 4.78 is 30.5. The van der Waals surface area contributed by atoms with Gasteiger partial charge in [-0.2, -0.15) is 9.97 Å². The Hall–Kier alpha value is -9.74. The number of benzene rings is 6. The lowest BCUT2D eigenvalue weighted by Gasteiger charge is -2.39. The van der Waals surface area contributed by atoms with Crippen LogP contribution < -0.4 is 4.74 Å². The normalized spacial score (nSPS) is 17.2. The number of aromatic nitrogens is 10. The molecule has 26 heteroatoms. The Balaban J connectivity index is 0.000000129. The fraction of sp³-hybridized carbons (Fsp3) is 0.421. The summed E-state index contributed by atoms with van der Waals surface area (Å²) >= 11 is 14.8. The number of ketones is 4. The predicted molar refractivity (Wildman–Crippen MR) is 544 cm³/mol. The second kappa shape index (κ2) is 45.3. The molecule has 5 aliphatic heterocycles. The van der Waals surface area contributed by atoms with Crippen LogP contribution in [0.3, 0.4) is 0 Å². The van der Waals surface area contributed by atoms with Gasteiger partial charge in [0, 0.05) is 210 Å². The highest BCUT2D eigenvalue weighted by Gasteiger charge is 2.40. The molecule has 0 radical (unpaired) electrons. The fourth-order valence-electron chi connectivity index (χ4n) is 21.5. The van der Waals surface area contributed by atoms with Crippen molar-refractivity contribution in [2.75, 3.05) is 91.7 Å². The number of piperidine rings is 3. The number of fused-ring (bicyclic) bond motifs is 6. The topological polar surface area (TPSA) is 217 Å². The molecule has 5 fully saturated rings. The number of ether oxygens (including phenoxy) is 1. The summed E-state index contributed by atoms with van der Waals surface area (Å²) in [6.07, 6.45) is 23.3. The zero-order valence-corrected chi connectivity index (χ0v) is 84.3. The molecule has 14 aromatic rings. The molecule has 696 valence electrons. The Morgan fingerprint density at radius 3 is 1.15 bits per heavy atom. The lowest BCUT2D eigenvalue weighted by molar-refractivity contribution is 0.0977. The number of pyridine rings is 2. The molecular weight excluding hydrogens is 1930 g/mol. The SMILES string of the molecule is CC(=O)c1c(C)n(CCCN2C3CCC2CC(CCc2ccccc2)C3)c2c(Br)cccc12.CC(=O)c1c(C)n(CCCN2CCC(c3nc(-c4cccnc4)no3)CC2)c2c(Br)cccc12.CC(=O)c1c(C)n(CCCN2CCC(c3nc(-c4ccncc4)no3)CC2)c2c(Br)cccc12.CC(=O)c1c(C)n(CCCN2CCN(CCOc3ccccc3)CC2)c2c(Br)cccc12. The van der Waals surface area contributed by atoms with E-state index in [-0.39, 0.29) is 23.1 Å². The van der Waals surface area contributed by atoms with E-state index in [4.69, 9.17) is 13.8 Å². The van der Waals surface area contributed by atoms with Gasteiger partial charge >= 0.3 is 0 Å². The highest BCUT2D eigenvalue weighted by Crippen LogP contribution is 2.43. The number of rotatable bonds is 31. The summed E-state index contributed by atoms with van der Waals surface area (Å²) in [7, 11) is 0. The quantitative estimate of drug-likeness (QED) is 0.0369. The third-order valence-electron chi connectivity index (χ3n) is 28.1. The molecule has 8 aromatic heterocycles. The van der Waals surface area contributed by atoms with Crippen LogP contribution >= 0.6 is 63.7 Å². The van der Waals surface area contributed by atoms with Gasteiger partial charge in [-0.05, 0) is 327 Å². The standard InChI is InChI=1S/C29H35BrN2O.2C26H28BrN5O2.C26H32BrN3O2/c1-20-28(21(2)33)26-10-6-11-27(30)29(26)31(20)16-7-17-32-24-14-15-25(32)19-23(18-24)13-12-22-8-4-3-5-9-22;1-17-23(18(2)33)21-7-3-8-22(27)24(21)32(17)13-5-12-31-14-9-19(10-15-31)26-29-25(30-34-26)20-6-4-11-28-16-20;1-17-23(18(2)33)21-5-3-6-22(27)24(21)32(17)14-4-13-31-15-9-20(10-16-31)26-29-25(30-34-26)19-7-11-28-12-8-19;1-20-25(21(2)31)23-10-6-11-24(27)26(23)30(20)13-7-12-28-14-16-29(17-15-28)18-19-32-22-8-4-3-5-9-22/h3-6,8-11,23-25H,7,12-19H2,1-2H3;3-4,6-8,11,16,19H,5,9-10,12-15H2,1-2H3;3,5-8,11-12,20H,4,9-10,13-16H2,1-2H3;3-6,8-11H,7,12-19H2,1-2H3. The van der Waals surface area contributed by atoms with Crippen molar-refractivity contribution >= 4 is 130 Å². The number of likely N-dealkylation sites (tertiary alicyclic amines) is 2. The first-order chi connectivity index (χ1) is 64.6. The summed E-state index contributed by atoms with van der Waals surface area (Å²) in [5, 5.41) is 12.5. The molecule has 22 nitrogen and oxygen atoms in total. The molecule has 13 heterocycles. The molecule has 0 amide bonds. The lowest BCUT2D eigenvalue weighted by Crippen LogP contribution is -2.47. The van der Waals surface area contributed by atoms with Crippen molar-refractivity contribution in [1.82, 2.24) is 73.0 Å². The maximum atomic E-state index is 12.4. The van der Waals surface area contributed by atoms with Gasteiger partial charge in [-0.25, -0.2) is 0 Å². The van der Waals surface area contributed by atoms with Crippen molar-refractivity contribution < 1.29 is 33.0 Å². The summed E-state index contributed by atoms with van der Waals surface area (Å²) in [5.74, 6) is 5.67. The minimum absolute atomic E-state index is 0.120. The van der Waals surface area contributed by atoms with Gasteiger partial charge in [0.15, 0.2) is 23.1 Å². The molecule has 19 rings (SSSR count). The van der Waals surface area contributed by atoms with Gasteiger partial charge < -0.3 is 46.8 Å². The van der Waals surface area contributed by atoms with Gasteiger partial charge in [0.1, 0.15) is 12.4 Å². The van der Waals surface area contributed by atoms with Gasteiger partial charge in [-0.3, -0.25) is 38.9 Å². The highest BCUT2D eigenvalue weighted by molar-refractivity contribution is 9.11. The van der Waals surface area contributed by atoms with Crippen molar-refractivity contribution in [3.05, 3.63) is 263 Å². The van der Waals surface area contributed by atoms with E-state index >= 15 is 0 Å². The van der Waals surface area contributed by atoms with Gasteiger partial charge in [0.25, 0.3) is 0 Å². The van der Waals surface area contributed by atoms with Crippen molar-refractivity contribution in [2.45, 2.75) is 195 Å². The van der Waals surface area contributed by atoms with E-state index in [9.17, 15) is 19.2 Å². The Morgan fingerprint density at radius 1 is 0.383 bits per heavy atom. The molecule has 5 aliphatic rings. The predicted octanol–water partition coefficient (Wildman–Crippen LogP) is 23.4. The van der Waals surface area contributed by atoms with Crippen LogP contribution in [-0.2, 0) is 32.6 Å². The van der Waals surface area contributed by atoms with Gasteiger partial charge in [0.05, 0.1) is 22.1 Å². The number of carbonyl (C=O) groups is 4. The van der Waals surface area contributed by atoms with E-state index in [1.54, 1.807) is 52.5 Å². The molecule has 2 unspecified atom stereocenters. The van der Waals surface area contributed by atoms with Crippen LogP contribution in [0.4, 0.5) is 0 Å². The zero-order valence-electron chi connectivity index (χ0n) is 77.9. The Bertz CT molecular complexity index is 6100. The van der Waals surface area contributed by atoms with E-state index in [1.807, 2.05) is 103 Å². The molecule has 0 saturated carbocycles. The molecule has 0 aliphatic carbocycles. The number of Topliss-reactive ketones (excluding diaryl/α,β-unsaturated/α-hetero) is 4. The Labute approximate surface area is 814 Å². The third kappa shape index (κ3) is 22.8. The molecule has 2 bridgehead atoms. The van der Waals surface area contributed by atoms with Crippen LogP contribution in [-0.4, -0.2) is 200 Å². The van der Waals surface area contributed by atoms with Crippen molar-refractivity contribution in [3.63, 3.8) is 0 Å². The van der Waals surface area contributed by atoms with Crippen molar-refractivity contribution in [1.29, 1.82) is 0 Å². The van der Waals surface area contributed by atoms with Crippen molar-refractivity contribution in [3.8, 4) is 28.5 Å². The fourth-order valence-corrected chi connectivity index (χ4v) is 23.8. The third-order valence-corrected chi connectivity index (χ3v) is 30.7. The first kappa shape index (κ1) is 96.4. The molecule has 5 saturated heterocycles. The van der Waals surface area contributed by atoms with Crippen LogP contribution in [0.15, 0.2) is 209 Å². The number of halogens is 4. The van der Waals surface area contributed by atoms with Crippen LogP contribution in [0.1, 0.15) is 205 Å². The average Bonchev–Trinajstić information content (AvgIpc) is 1.62. The minimum Gasteiger partial charge on any atom is -0.492 e. The number of para-hydroxylation sites is 5. The maximum Gasteiger partial charge on any atom is 0.230 e. The highest BCUT2D eigenvalue weighted by atomic mass is 79.9. The zero-order chi connectivity index (χ0) is 92.8. The second-order valence-electron chi connectivity index (χ2n) is 36.6. The molecule has 133 heavy (non-hydrogen) atoms. The van der Waals surface area contributed by atoms with Gasteiger partial charge in [0.2, 0.25) is 23.4 Å². The molecule has 0 N–H and O–H groups in total. The Morgan fingerprint density at radius 2 is 0.759 bits per heavy atom. The molecule has 0 spiro atoms. The molecule has 2 atom stereocenters. The largest absolute Gasteiger partial charge is 0.492 e. The molecular formula is C107H123Br4N15O7. The lowest BCUT2D eigenvalue weighted by atomic mass is 9.86. The second-order valence-corrected chi connectivity index (χ2v) is 40.0. The van der Waals surface area contributed by atoms with Crippen LogP contribution in [0.25, 0.3) is 66.4 Å². The molecule has 6 aromatic carbocycles. The van der Waals surface area contributed by atoms with Crippen molar-refractivity contribution in [2.24, 2.45) is 5.92 Å². The number of nitrogens with zero attached hydrogens (tertiary/aromatic N) is 15. The average molecular weight is 2050 g/mol. The smallest absolute Gasteiger partial charge is 0.230 e. The summed E-state index contributed by atoms with van der Waals surface area (Å²) in [4.78, 5) is 79.5. The van der Waals surface area contributed by atoms with Gasteiger partial charge in [-0.1, -0.05) is 107 Å². The summed E-state index contributed by atoms with van der Waals surface area (Å²) in [5.41, 5.74) is 15.5. The van der Waals surface area contributed by atoms with Crippen LogP contribution in [0.5, 0.6) is 5.75 Å². The number of carbonyl (C=O) groups excluding carboxylic acids is 4. The van der Waals surface area contributed by atoms with E-state index in [1.165, 1.54) is 56.1 Å². The van der Waals surface area contributed by atoms with E-state index < -0.39 is 0 Å². The first-order valence-electron chi connectivity index (χ1n) is 47.6. The number of aryl methyl sites for hydroxylation is 5. The minimum atomic E-state index is 0.120.